The molecular formula is C13H32IN6O+. The number of hydroxylamine groups is 1. The van der Waals surface area contributed by atoms with E-state index in [1.54, 1.807) is 3.28 Å². The zero-order chi connectivity index (χ0) is 16.9. The second-order valence-electron chi connectivity index (χ2n) is 5.22. The number of halogens is 1. The standard InChI is InChI=1S/C13H32IN6O/c1-7-12(6,20(17,18)11-5)21-19(14(15)16)13(8-2,9-3)10-4/h8,11H,2,5,7,9-10,15-18H2,1,3-4,6H3/q+1. The molecule has 0 aromatic rings. The summed E-state index contributed by atoms with van der Waals surface area (Å²) in [5.41, 5.74) is -1.35. The van der Waals surface area contributed by atoms with Gasteiger partial charge in [-0.3, -0.25) is 0 Å². The molecule has 0 heterocycles. The summed E-state index contributed by atoms with van der Waals surface area (Å²) < 4.78 is 13.4. The minimum atomic E-state index is -2.46. The van der Waals surface area contributed by atoms with E-state index in [0.717, 1.165) is 12.8 Å². The van der Waals surface area contributed by atoms with Gasteiger partial charge in [-0.25, -0.2) is 0 Å². The van der Waals surface area contributed by atoms with Gasteiger partial charge in [0.1, 0.15) is 0 Å². The molecule has 1 atom stereocenters. The molecule has 0 saturated heterocycles. The van der Waals surface area contributed by atoms with Crippen molar-refractivity contribution in [3.63, 3.8) is 0 Å². The third-order valence-corrected chi connectivity index (χ3v) is 6.36. The average molecular weight is 415 g/mol. The Labute approximate surface area is 136 Å². The van der Waals surface area contributed by atoms with E-state index in [4.69, 9.17) is 24.4 Å². The average Bonchev–Trinajstić information content (AvgIpc) is 2.47. The van der Waals surface area contributed by atoms with Crippen molar-refractivity contribution in [1.29, 1.82) is 0 Å². The molecule has 8 heteroatoms. The minimum absolute atomic E-state index is 0.425. The van der Waals surface area contributed by atoms with Crippen LogP contribution in [0.3, 0.4) is 0 Å². The van der Waals surface area contributed by atoms with Crippen molar-refractivity contribution in [2.45, 2.75) is 58.2 Å². The fourth-order valence-electron chi connectivity index (χ4n) is 1.96. The van der Waals surface area contributed by atoms with Crippen molar-refractivity contribution >= 4 is 20.6 Å². The van der Waals surface area contributed by atoms with E-state index < -0.39 is 36.6 Å². The Morgan fingerprint density at radius 1 is 1.14 bits per heavy atom. The van der Waals surface area contributed by atoms with E-state index >= 15 is 0 Å². The van der Waals surface area contributed by atoms with E-state index in [-0.39, 0.29) is 0 Å². The van der Waals surface area contributed by atoms with Gasteiger partial charge in [0, 0.05) is 0 Å². The summed E-state index contributed by atoms with van der Waals surface area (Å²) in [6.07, 6.45) is 5.38. The Hall–Kier alpha value is -0.0700. The zero-order valence-corrected chi connectivity index (χ0v) is 15.8. The second kappa shape index (κ2) is 7.97. The molecule has 0 amide bonds. The summed E-state index contributed by atoms with van der Waals surface area (Å²) in [7, 11) is 0. The summed E-state index contributed by atoms with van der Waals surface area (Å²) in [5, 5.41) is 0. The van der Waals surface area contributed by atoms with Gasteiger partial charge in [-0.05, 0) is 0 Å². The van der Waals surface area contributed by atoms with Crippen LogP contribution >= 0.6 is 20.6 Å². The van der Waals surface area contributed by atoms with Gasteiger partial charge in [0.05, 0.1) is 0 Å². The van der Waals surface area contributed by atoms with Crippen LogP contribution in [0.5, 0.6) is 0 Å². The molecule has 0 bridgehead atoms. The maximum absolute atomic E-state index is 6.18. The third-order valence-electron chi connectivity index (χ3n) is 4.19. The Kier molecular flexibility index (Phi) is 7.95. The Balaban J connectivity index is 5.72. The number of hydrogen-bond acceptors (Lipinski definition) is 6. The quantitative estimate of drug-likeness (QED) is 0.0825. The fourth-order valence-corrected chi connectivity index (χ4v) is 4.60. The molecular weight excluding hydrogens is 383 g/mol. The monoisotopic (exact) mass is 415 g/mol. The van der Waals surface area contributed by atoms with Gasteiger partial charge in [-0.1, -0.05) is 0 Å². The molecule has 0 rings (SSSR count). The van der Waals surface area contributed by atoms with Gasteiger partial charge in [-0.2, -0.15) is 0 Å². The van der Waals surface area contributed by atoms with Gasteiger partial charge in [-0.15, -0.1) is 0 Å². The van der Waals surface area contributed by atoms with E-state index in [1.165, 1.54) is 6.20 Å². The SMILES string of the molecule is C=CC(CC)(CC)N(OC(C)(CC)[N+](N)(N)C=C)I(N)N. The van der Waals surface area contributed by atoms with E-state index in [0.29, 0.717) is 6.42 Å². The van der Waals surface area contributed by atoms with Gasteiger partial charge in [0.25, 0.3) is 0 Å². The molecule has 0 radical (unpaired) electrons. The molecule has 1 unspecified atom stereocenters. The summed E-state index contributed by atoms with van der Waals surface area (Å²) in [6, 6.07) is 0. The number of nitrogens with zero attached hydrogens (tertiary/aromatic N) is 2. The van der Waals surface area contributed by atoms with Crippen LogP contribution in [0.15, 0.2) is 25.4 Å². The van der Waals surface area contributed by atoms with Crippen molar-refractivity contribution in [2.24, 2.45) is 19.6 Å². The van der Waals surface area contributed by atoms with Crippen molar-refractivity contribution in [3.05, 3.63) is 25.4 Å². The normalized spacial score (nSPS) is 16.5. The number of rotatable bonds is 10. The Morgan fingerprint density at radius 2 is 1.62 bits per heavy atom. The summed E-state index contributed by atoms with van der Waals surface area (Å²) in [6.45, 7) is 15.4. The van der Waals surface area contributed by atoms with Crippen LogP contribution in [-0.4, -0.2) is 19.2 Å². The number of quaternary nitrogens is 1. The molecule has 0 saturated carbocycles. The van der Waals surface area contributed by atoms with Crippen LogP contribution < -0.4 is 19.6 Å². The zero-order valence-electron chi connectivity index (χ0n) is 13.7. The van der Waals surface area contributed by atoms with Crippen LogP contribution in [-0.2, 0) is 4.84 Å². The Morgan fingerprint density at radius 3 is 1.86 bits per heavy atom. The molecule has 0 aliphatic heterocycles. The van der Waals surface area contributed by atoms with Crippen molar-refractivity contribution in [1.82, 2.24) is 3.28 Å². The van der Waals surface area contributed by atoms with Gasteiger partial charge < -0.3 is 0 Å². The van der Waals surface area contributed by atoms with Crippen LogP contribution in [0.1, 0.15) is 47.0 Å². The first-order valence-electron chi connectivity index (χ1n) is 7.00. The van der Waals surface area contributed by atoms with Crippen LogP contribution in [0, 0.1) is 0 Å². The molecule has 0 aliphatic carbocycles. The molecule has 7 nitrogen and oxygen atoms in total. The molecule has 0 aliphatic rings. The summed E-state index contributed by atoms with van der Waals surface area (Å²) in [5.74, 6) is 12.2. The van der Waals surface area contributed by atoms with Gasteiger partial charge >= 0.3 is 137 Å². The van der Waals surface area contributed by atoms with Crippen molar-refractivity contribution in [3.8, 4) is 0 Å². The molecule has 21 heavy (non-hydrogen) atoms. The third kappa shape index (κ3) is 4.23. The van der Waals surface area contributed by atoms with Crippen molar-refractivity contribution < 1.29 is 9.54 Å². The predicted molar refractivity (Wildman–Crippen MR) is 96.4 cm³/mol. The summed E-state index contributed by atoms with van der Waals surface area (Å²) in [4.78, 5) is 6.18. The number of hydrogen-bond donors (Lipinski definition) is 4. The maximum atomic E-state index is 6.18. The Bertz CT molecular complexity index is 359. The predicted octanol–water partition coefficient (Wildman–Crippen LogP) is 1.97. The molecule has 0 aromatic heterocycles. The van der Waals surface area contributed by atoms with Crippen LogP contribution in [0.2, 0.25) is 0 Å². The fraction of sp³-hybridized carbons (Fsp3) is 0.692. The van der Waals surface area contributed by atoms with E-state index in [2.05, 4.69) is 13.2 Å². The molecule has 0 spiro atoms. The molecule has 8 N–H and O–H groups in total. The first-order chi connectivity index (χ1) is 9.59. The van der Waals surface area contributed by atoms with Crippen LogP contribution in [0.4, 0.5) is 0 Å². The van der Waals surface area contributed by atoms with E-state index in [1.807, 2.05) is 33.8 Å². The van der Waals surface area contributed by atoms with Crippen LogP contribution in [0.25, 0.3) is 0 Å². The topological polar surface area (TPSA) is 117 Å². The van der Waals surface area contributed by atoms with Gasteiger partial charge in [0.15, 0.2) is 0 Å². The van der Waals surface area contributed by atoms with Crippen molar-refractivity contribution in [2.75, 3.05) is 0 Å². The first kappa shape index (κ1) is 20.9. The first-order valence-corrected chi connectivity index (χ1v) is 10.5. The van der Waals surface area contributed by atoms with E-state index in [9.17, 15) is 0 Å². The molecule has 126 valence electrons. The molecule has 0 fully saturated rings. The second-order valence-corrected chi connectivity index (χ2v) is 7.93. The summed E-state index contributed by atoms with van der Waals surface area (Å²) >= 11 is -2.46. The molecule has 0 aromatic carbocycles. The number of nitrogens with two attached hydrogens (primary N) is 4. The van der Waals surface area contributed by atoms with Gasteiger partial charge in [0.2, 0.25) is 0 Å².